The summed E-state index contributed by atoms with van der Waals surface area (Å²) in [6.45, 7) is 0. The molecular formula is C12H7ClN2O2. The molecule has 0 unspecified atom stereocenters. The molecule has 2 aromatic rings. The van der Waals surface area contributed by atoms with Gasteiger partial charge >= 0.3 is 5.97 Å². The molecule has 0 spiro atoms. The minimum absolute atomic E-state index is 0.118. The number of nitriles is 1. The number of benzene rings is 1. The van der Waals surface area contributed by atoms with Crippen molar-refractivity contribution in [2.75, 3.05) is 7.11 Å². The Morgan fingerprint density at radius 1 is 1.47 bits per heavy atom. The summed E-state index contributed by atoms with van der Waals surface area (Å²) in [6, 6.07) is 8.64. The van der Waals surface area contributed by atoms with E-state index in [9.17, 15) is 4.79 Å². The molecule has 1 heterocycles. The summed E-state index contributed by atoms with van der Waals surface area (Å²) in [6.07, 6.45) is 0. The first kappa shape index (κ1) is 11.4. The monoisotopic (exact) mass is 246 g/mol. The predicted molar refractivity (Wildman–Crippen MR) is 62.8 cm³/mol. The number of nitrogens with zero attached hydrogens (tertiary/aromatic N) is 2. The Morgan fingerprint density at radius 3 is 2.88 bits per heavy atom. The Balaban J connectivity index is 2.87. The summed E-state index contributed by atoms with van der Waals surface area (Å²) in [4.78, 5) is 15.5. The van der Waals surface area contributed by atoms with Gasteiger partial charge in [-0.3, -0.25) is 0 Å². The van der Waals surface area contributed by atoms with Crippen molar-refractivity contribution < 1.29 is 9.53 Å². The molecule has 0 fully saturated rings. The van der Waals surface area contributed by atoms with Gasteiger partial charge in [0, 0.05) is 10.8 Å². The number of pyridine rings is 1. The maximum absolute atomic E-state index is 11.6. The maximum Gasteiger partial charge on any atom is 0.357 e. The number of hydrogen-bond acceptors (Lipinski definition) is 4. The van der Waals surface area contributed by atoms with Gasteiger partial charge in [0.2, 0.25) is 0 Å². The van der Waals surface area contributed by atoms with Gasteiger partial charge in [-0.25, -0.2) is 9.78 Å². The lowest BCUT2D eigenvalue weighted by Gasteiger charge is -2.05. The molecular weight excluding hydrogens is 240 g/mol. The Morgan fingerprint density at radius 2 is 2.24 bits per heavy atom. The van der Waals surface area contributed by atoms with Crippen LogP contribution < -0.4 is 0 Å². The van der Waals surface area contributed by atoms with Crippen LogP contribution in [-0.2, 0) is 4.74 Å². The van der Waals surface area contributed by atoms with E-state index in [-0.39, 0.29) is 10.8 Å². The standard InChI is InChI=1S/C12H7ClN2O2/c1-17-12(16)11-8-4-2-3-7(6-14)9(8)5-10(13)15-11/h2-5H,1H3. The lowest BCUT2D eigenvalue weighted by molar-refractivity contribution is 0.0596. The molecule has 5 heteroatoms. The molecule has 1 aromatic heterocycles. The largest absolute Gasteiger partial charge is 0.464 e. The molecule has 4 nitrogen and oxygen atoms in total. The molecule has 1 aromatic carbocycles. The number of carbonyl (C=O) groups excluding carboxylic acids is 1. The van der Waals surface area contributed by atoms with Gasteiger partial charge in [0.1, 0.15) is 5.15 Å². The summed E-state index contributed by atoms with van der Waals surface area (Å²) in [7, 11) is 1.27. The number of hydrogen-bond donors (Lipinski definition) is 0. The van der Waals surface area contributed by atoms with Crippen molar-refractivity contribution >= 4 is 28.3 Å². The first-order valence-electron chi connectivity index (χ1n) is 4.75. The van der Waals surface area contributed by atoms with E-state index in [1.54, 1.807) is 24.3 Å². The van der Waals surface area contributed by atoms with Gasteiger partial charge in [0.05, 0.1) is 18.7 Å². The molecule has 0 aliphatic carbocycles. The highest BCUT2D eigenvalue weighted by Crippen LogP contribution is 2.24. The van der Waals surface area contributed by atoms with Crippen LogP contribution in [0.3, 0.4) is 0 Å². The molecule has 0 saturated heterocycles. The number of fused-ring (bicyclic) bond motifs is 1. The second-order valence-corrected chi connectivity index (χ2v) is 3.68. The Bertz CT molecular complexity index is 647. The summed E-state index contributed by atoms with van der Waals surface area (Å²) in [5.41, 5.74) is 0.559. The average Bonchev–Trinajstić information content (AvgIpc) is 2.36. The third-order valence-corrected chi connectivity index (χ3v) is 2.54. The van der Waals surface area contributed by atoms with E-state index < -0.39 is 5.97 Å². The highest BCUT2D eigenvalue weighted by atomic mass is 35.5. The molecule has 0 atom stereocenters. The van der Waals surface area contributed by atoms with E-state index in [4.69, 9.17) is 16.9 Å². The minimum Gasteiger partial charge on any atom is -0.464 e. The fourth-order valence-corrected chi connectivity index (χ4v) is 1.79. The van der Waals surface area contributed by atoms with Gasteiger partial charge in [-0.15, -0.1) is 0 Å². The van der Waals surface area contributed by atoms with Crippen LogP contribution in [0.5, 0.6) is 0 Å². The lowest BCUT2D eigenvalue weighted by Crippen LogP contribution is -2.05. The Kier molecular flexibility index (Phi) is 2.94. The van der Waals surface area contributed by atoms with Crippen LogP contribution >= 0.6 is 11.6 Å². The van der Waals surface area contributed by atoms with Crippen molar-refractivity contribution in [1.82, 2.24) is 4.98 Å². The molecule has 2 rings (SSSR count). The topological polar surface area (TPSA) is 63.0 Å². The molecule has 0 N–H and O–H groups in total. The number of aromatic nitrogens is 1. The van der Waals surface area contributed by atoms with Crippen molar-refractivity contribution in [1.29, 1.82) is 5.26 Å². The highest BCUT2D eigenvalue weighted by molar-refractivity contribution is 6.30. The fraction of sp³-hybridized carbons (Fsp3) is 0.0833. The first-order chi connectivity index (χ1) is 8.17. The SMILES string of the molecule is COC(=O)c1nc(Cl)cc2c(C#N)cccc12. The molecule has 84 valence electrons. The number of methoxy groups -OCH3 is 1. The van der Waals surface area contributed by atoms with E-state index in [1.807, 2.05) is 6.07 Å². The van der Waals surface area contributed by atoms with Crippen molar-refractivity contribution in [2.24, 2.45) is 0 Å². The van der Waals surface area contributed by atoms with Crippen molar-refractivity contribution in [2.45, 2.75) is 0 Å². The van der Waals surface area contributed by atoms with Gasteiger partial charge in [-0.1, -0.05) is 23.7 Å². The zero-order chi connectivity index (χ0) is 12.4. The fourth-order valence-electron chi connectivity index (χ4n) is 1.60. The molecule has 0 aliphatic heterocycles. The van der Waals surface area contributed by atoms with Gasteiger partial charge in [-0.05, 0) is 12.1 Å². The second kappa shape index (κ2) is 4.40. The molecule has 17 heavy (non-hydrogen) atoms. The zero-order valence-electron chi connectivity index (χ0n) is 8.90. The third-order valence-electron chi connectivity index (χ3n) is 2.34. The van der Waals surface area contributed by atoms with Crippen molar-refractivity contribution in [3.05, 3.63) is 40.7 Å². The van der Waals surface area contributed by atoms with Crippen LogP contribution in [0.25, 0.3) is 10.8 Å². The number of halogens is 1. The van der Waals surface area contributed by atoms with Gasteiger partial charge in [-0.2, -0.15) is 5.26 Å². The smallest absolute Gasteiger partial charge is 0.357 e. The summed E-state index contributed by atoms with van der Waals surface area (Å²) >= 11 is 5.83. The summed E-state index contributed by atoms with van der Waals surface area (Å²) < 4.78 is 4.63. The van der Waals surface area contributed by atoms with Crippen molar-refractivity contribution in [3.63, 3.8) is 0 Å². The van der Waals surface area contributed by atoms with Gasteiger partial charge < -0.3 is 4.74 Å². The van der Waals surface area contributed by atoms with E-state index in [0.717, 1.165) is 0 Å². The number of rotatable bonds is 1. The minimum atomic E-state index is -0.576. The highest BCUT2D eigenvalue weighted by Gasteiger charge is 2.15. The second-order valence-electron chi connectivity index (χ2n) is 3.30. The summed E-state index contributed by atoms with van der Waals surface area (Å²) in [5, 5.41) is 10.3. The van der Waals surface area contributed by atoms with Gasteiger partial charge in [0.25, 0.3) is 0 Å². The van der Waals surface area contributed by atoms with E-state index in [0.29, 0.717) is 16.3 Å². The van der Waals surface area contributed by atoms with Crippen LogP contribution in [-0.4, -0.2) is 18.1 Å². The van der Waals surface area contributed by atoms with Gasteiger partial charge in [0.15, 0.2) is 5.69 Å². The average molecular weight is 247 g/mol. The quantitative estimate of drug-likeness (QED) is 0.573. The molecule has 0 saturated carbocycles. The number of ether oxygens (including phenoxy) is 1. The number of esters is 1. The summed E-state index contributed by atoms with van der Waals surface area (Å²) in [5.74, 6) is -0.576. The molecule has 0 bridgehead atoms. The van der Waals surface area contributed by atoms with Crippen LogP contribution in [0.15, 0.2) is 24.3 Å². The van der Waals surface area contributed by atoms with E-state index in [1.165, 1.54) is 7.11 Å². The van der Waals surface area contributed by atoms with Crippen LogP contribution in [0, 0.1) is 11.3 Å². The van der Waals surface area contributed by atoms with Crippen LogP contribution in [0.2, 0.25) is 5.15 Å². The zero-order valence-corrected chi connectivity index (χ0v) is 9.65. The normalized spacial score (nSPS) is 9.94. The van der Waals surface area contributed by atoms with Crippen LogP contribution in [0.4, 0.5) is 0 Å². The molecule has 0 aliphatic rings. The number of carbonyl (C=O) groups is 1. The maximum atomic E-state index is 11.6. The third kappa shape index (κ3) is 1.93. The Hall–Kier alpha value is -2.12. The lowest BCUT2D eigenvalue weighted by atomic mass is 10.0. The van der Waals surface area contributed by atoms with Crippen molar-refractivity contribution in [3.8, 4) is 6.07 Å². The Labute approximate surface area is 102 Å². The van der Waals surface area contributed by atoms with E-state index >= 15 is 0 Å². The van der Waals surface area contributed by atoms with E-state index in [2.05, 4.69) is 9.72 Å². The predicted octanol–water partition coefficient (Wildman–Crippen LogP) is 2.55. The molecule has 0 radical (unpaired) electrons. The van der Waals surface area contributed by atoms with Crippen LogP contribution in [0.1, 0.15) is 16.1 Å². The first-order valence-corrected chi connectivity index (χ1v) is 5.13. The molecule has 0 amide bonds.